The van der Waals surface area contributed by atoms with Crippen molar-refractivity contribution in [3.05, 3.63) is 29.3 Å². The van der Waals surface area contributed by atoms with Crippen LogP contribution in [0.3, 0.4) is 0 Å². The largest absolute Gasteiger partial charge is 0.436 e. The molecule has 0 radical (unpaired) electrons. The van der Waals surface area contributed by atoms with Gasteiger partial charge in [-0.3, -0.25) is 0 Å². The van der Waals surface area contributed by atoms with Crippen LogP contribution in [0.15, 0.2) is 26.8 Å². The molecule has 0 fully saturated rings. The fraction of sp³-hybridized carbons (Fsp3) is 0.300. The molecule has 0 N–H and O–H groups in total. The smallest absolute Gasteiger partial charge is 0.435 e. The minimum Gasteiger partial charge on any atom is -0.436 e. The molecule has 0 aliphatic heterocycles. The van der Waals surface area contributed by atoms with E-state index in [0.717, 1.165) is 23.5 Å². The number of alkyl halides is 3. The van der Waals surface area contributed by atoms with Gasteiger partial charge in [0, 0.05) is 0 Å². The summed E-state index contributed by atoms with van der Waals surface area (Å²) in [5.74, 6) is 0.664. The van der Waals surface area contributed by atoms with Gasteiger partial charge in [-0.05, 0) is 37.7 Å². The lowest BCUT2D eigenvalue weighted by atomic mass is 10.4. The second kappa shape index (κ2) is 4.60. The van der Waals surface area contributed by atoms with Crippen molar-refractivity contribution in [2.24, 2.45) is 0 Å². The maximum absolute atomic E-state index is 12.3. The molecule has 0 atom stereocenters. The van der Waals surface area contributed by atoms with Crippen molar-refractivity contribution in [2.45, 2.75) is 30.3 Å². The SMILES string of the molecule is Cc1nc(Sc2ccc(C(F)(F)F)nn2)oc1C. The summed E-state index contributed by atoms with van der Waals surface area (Å²) in [6.07, 6.45) is -4.48. The van der Waals surface area contributed by atoms with E-state index in [0.29, 0.717) is 16.0 Å². The first kappa shape index (κ1) is 12.9. The Morgan fingerprint density at radius 1 is 1.17 bits per heavy atom. The Kier molecular flexibility index (Phi) is 3.29. The lowest BCUT2D eigenvalue weighted by Crippen LogP contribution is -2.08. The minimum atomic E-state index is -4.48. The molecule has 0 aliphatic rings. The van der Waals surface area contributed by atoms with E-state index in [-0.39, 0.29) is 0 Å². The molecule has 0 saturated heterocycles. The van der Waals surface area contributed by atoms with Crippen molar-refractivity contribution in [1.29, 1.82) is 0 Å². The summed E-state index contributed by atoms with van der Waals surface area (Å²) in [7, 11) is 0. The first-order valence-corrected chi connectivity index (χ1v) is 5.71. The van der Waals surface area contributed by atoms with Crippen molar-refractivity contribution in [3.8, 4) is 0 Å². The number of aryl methyl sites for hydroxylation is 2. The number of hydrogen-bond donors (Lipinski definition) is 0. The van der Waals surface area contributed by atoms with Gasteiger partial charge >= 0.3 is 6.18 Å². The molecule has 2 heterocycles. The number of halogens is 3. The highest BCUT2D eigenvalue weighted by Gasteiger charge is 2.32. The van der Waals surface area contributed by atoms with E-state index in [9.17, 15) is 13.2 Å². The van der Waals surface area contributed by atoms with Gasteiger partial charge in [-0.2, -0.15) is 13.2 Å². The summed E-state index contributed by atoms with van der Waals surface area (Å²) in [5.41, 5.74) is -0.288. The highest BCUT2D eigenvalue weighted by Crippen LogP contribution is 2.30. The molecule has 8 heteroatoms. The third-order valence-corrected chi connectivity index (χ3v) is 2.91. The number of aromatic nitrogens is 3. The molecule has 0 unspecified atom stereocenters. The van der Waals surface area contributed by atoms with Crippen LogP contribution in [-0.2, 0) is 6.18 Å². The zero-order chi connectivity index (χ0) is 13.3. The van der Waals surface area contributed by atoms with Gasteiger partial charge in [-0.15, -0.1) is 10.2 Å². The Balaban J connectivity index is 2.16. The van der Waals surface area contributed by atoms with Gasteiger partial charge in [0.05, 0.1) is 5.69 Å². The molecule has 96 valence electrons. The molecule has 0 amide bonds. The van der Waals surface area contributed by atoms with E-state index in [2.05, 4.69) is 15.2 Å². The second-order valence-electron chi connectivity index (χ2n) is 3.48. The molecule has 0 aromatic carbocycles. The van der Waals surface area contributed by atoms with Crippen LogP contribution in [-0.4, -0.2) is 15.2 Å². The predicted octanol–water partition coefficient (Wildman–Crippen LogP) is 3.25. The van der Waals surface area contributed by atoms with Gasteiger partial charge in [-0.1, -0.05) is 0 Å². The van der Waals surface area contributed by atoms with Gasteiger partial charge in [0.1, 0.15) is 10.8 Å². The zero-order valence-electron chi connectivity index (χ0n) is 9.45. The Labute approximate surface area is 105 Å². The maximum Gasteiger partial charge on any atom is 0.435 e. The van der Waals surface area contributed by atoms with Crippen LogP contribution in [0.2, 0.25) is 0 Å². The summed E-state index contributed by atoms with van der Waals surface area (Å²) in [4.78, 5) is 4.08. The normalized spacial score (nSPS) is 11.8. The Morgan fingerprint density at radius 2 is 1.89 bits per heavy atom. The van der Waals surface area contributed by atoms with Crippen molar-refractivity contribution >= 4 is 11.8 Å². The van der Waals surface area contributed by atoms with Crippen LogP contribution in [0.25, 0.3) is 0 Å². The van der Waals surface area contributed by atoms with E-state index < -0.39 is 11.9 Å². The summed E-state index contributed by atoms with van der Waals surface area (Å²) in [6.45, 7) is 3.53. The van der Waals surface area contributed by atoms with E-state index in [1.807, 2.05) is 0 Å². The van der Waals surface area contributed by atoms with Crippen LogP contribution >= 0.6 is 11.8 Å². The molecule has 2 aromatic rings. The van der Waals surface area contributed by atoms with E-state index in [1.165, 1.54) is 6.07 Å². The van der Waals surface area contributed by atoms with Crippen LogP contribution < -0.4 is 0 Å². The molecule has 0 spiro atoms. The summed E-state index contributed by atoms with van der Waals surface area (Å²) in [6, 6.07) is 2.10. The monoisotopic (exact) mass is 275 g/mol. The van der Waals surface area contributed by atoms with E-state index in [1.54, 1.807) is 13.8 Å². The Bertz CT molecular complexity index is 531. The van der Waals surface area contributed by atoms with Crippen LogP contribution in [0.1, 0.15) is 17.1 Å². The molecular formula is C10H8F3N3OS. The fourth-order valence-electron chi connectivity index (χ4n) is 1.10. The summed E-state index contributed by atoms with van der Waals surface area (Å²) >= 11 is 1.02. The lowest BCUT2D eigenvalue weighted by molar-refractivity contribution is -0.141. The van der Waals surface area contributed by atoms with Gasteiger partial charge in [-0.25, -0.2) is 4.98 Å². The number of hydrogen-bond acceptors (Lipinski definition) is 5. The molecular weight excluding hydrogens is 267 g/mol. The average Bonchev–Trinajstić information content (AvgIpc) is 2.57. The molecule has 0 aliphatic carbocycles. The third kappa shape index (κ3) is 2.81. The van der Waals surface area contributed by atoms with E-state index in [4.69, 9.17) is 4.42 Å². The number of rotatable bonds is 2. The zero-order valence-corrected chi connectivity index (χ0v) is 10.3. The van der Waals surface area contributed by atoms with Gasteiger partial charge in [0.2, 0.25) is 0 Å². The molecule has 0 bridgehead atoms. The van der Waals surface area contributed by atoms with Crippen molar-refractivity contribution < 1.29 is 17.6 Å². The van der Waals surface area contributed by atoms with Gasteiger partial charge < -0.3 is 4.42 Å². The van der Waals surface area contributed by atoms with Crippen LogP contribution in [0.4, 0.5) is 13.2 Å². The van der Waals surface area contributed by atoms with Crippen molar-refractivity contribution in [3.63, 3.8) is 0 Å². The second-order valence-corrected chi connectivity index (χ2v) is 4.45. The van der Waals surface area contributed by atoms with Crippen LogP contribution in [0, 0.1) is 13.8 Å². The highest BCUT2D eigenvalue weighted by molar-refractivity contribution is 7.99. The Hall–Kier alpha value is -1.57. The number of oxazole rings is 1. The molecule has 0 saturated carbocycles. The maximum atomic E-state index is 12.3. The standard InChI is InChI=1S/C10H8F3N3OS/c1-5-6(2)17-9(14-5)18-8-4-3-7(15-16-8)10(11,12)13/h3-4H,1-2H3. The molecule has 4 nitrogen and oxygen atoms in total. The molecule has 2 aromatic heterocycles. The molecule has 2 rings (SSSR count). The van der Waals surface area contributed by atoms with Crippen molar-refractivity contribution in [1.82, 2.24) is 15.2 Å². The summed E-state index contributed by atoms with van der Waals surface area (Å²) < 4.78 is 42.1. The minimum absolute atomic E-state index is 0.296. The fourth-order valence-corrected chi connectivity index (χ4v) is 1.85. The highest BCUT2D eigenvalue weighted by atomic mass is 32.2. The van der Waals surface area contributed by atoms with Crippen LogP contribution in [0.5, 0.6) is 0 Å². The lowest BCUT2D eigenvalue weighted by Gasteiger charge is -2.03. The topological polar surface area (TPSA) is 51.8 Å². The quantitative estimate of drug-likeness (QED) is 0.842. The Morgan fingerprint density at radius 3 is 2.33 bits per heavy atom. The summed E-state index contributed by atoms with van der Waals surface area (Å²) in [5, 5.41) is 7.21. The first-order valence-electron chi connectivity index (χ1n) is 4.89. The van der Waals surface area contributed by atoms with E-state index >= 15 is 0 Å². The van der Waals surface area contributed by atoms with Gasteiger partial charge in [0.15, 0.2) is 5.69 Å². The molecule has 18 heavy (non-hydrogen) atoms. The van der Waals surface area contributed by atoms with Crippen molar-refractivity contribution in [2.75, 3.05) is 0 Å². The van der Waals surface area contributed by atoms with Gasteiger partial charge in [0.25, 0.3) is 5.22 Å². The first-order chi connectivity index (χ1) is 8.36. The number of nitrogens with zero attached hydrogens (tertiary/aromatic N) is 3. The third-order valence-electron chi connectivity index (χ3n) is 2.13. The average molecular weight is 275 g/mol. The predicted molar refractivity (Wildman–Crippen MR) is 57.1 cm³/mol.